The molecule has 1 aromatic carbocycles. The summed E-state index contributed by atoms with van der Waals surface area (Å²) in [5, 5.41) is 17.6. The maximum absolute atomic E-state index is 9.16. The van der Waals surface area contributed by atoms with Gasteiger partial charge >= 0.3 is 0 Å². The predicted octanol–water partition coefficient (Wildman–Crippen LogP) is 4.02. The van der Waals surface area contributed by atoms with Gasteiger partial charge in [-0.1, -0.05) is 11.6 Å². The normalized spacial score (nSPS) is 11.0. The summed E-state index contributed by atoms with van der Waals surface area (Å²) in [5.41, 5.74) is 3.02. The molecule has 24 heavy (non-hydrogen) atoms. The Morgan fingerprint density at radius 3 is 2.62 bits per heavy atom. The quantitative estimate of drug-likeness (QED) is 0.708. The van der Waals surface area contributed by atoms with Crippen LogP contribution in [0, 0.1) is 13.8 Å². The molecule has 2 heterocycles. The molecule has 0 radical (unpaired) electrons. The van der Waals surface area contributed by atoms with Crippen molar-refractivity contribution in [1.29, 1.82) is 0 Å². The number of halogens is 1. The number of furan rings is 1. The highest BCUT2D eigenvalue weighted by molar-refractivity contribution is 6.30. The van der Waals surface area contributed by atoms with Crippen molar-refractivity contribution >= 4 is 17.4 Å². The lowest BCUT2D eigenvalue weighted by Crippen LogP contribution is -2.10. The van der Waals surface area contributed by atoms with Gasteiger partial charge in [-0.15, -0.1) is 0 Å². The zero-order chi connectivity index (χ0) is 17.1. The molecule has 0 fully saturated rings. The van der Waals surface area contributed by atoms with Crippen LogP contribution >= 0.6 is 11.6 Å². The molecular weight excluding hydrogens is 326 g/mol. The predicted molar refractivity (Wildman–Crippen MR) is 95.3 cm³/mol. The molecule has 3 rings (SSSR count). The van der Waals surface area contributed by atoms with Crippen LogP contribution in [-0.2, 0) is 13.1 Å². The minimum absolute atomic E-state index is 0.0523. The molecule has 0 saturated carbocycles. The number of aromatic nitrogens is 2. The molecule has 2 N–H and O–H groups in total. The van der Waals surface area contributed by atoms with Gasteiger partial charge < -0.3 is 14.8 Å². The Morgan fingerprint density at radius 1 is 1.17 bits per heavy atom. The average molecular weight is 346 g/mol. The number of hydrogen-bond donors (Lipinski definition) is 2. The van der Waals surface area contributed by atoms with E-state index in [1.54, 1.807) is 4.68 Å². The summed E-state index contributed by atoms with van der Waals surface area (Å²) < 4.78 is 7.68. The smallest absolute Gasteiger partial charge is 0.134 e. The van der Waals surface area contributed by atoms with Gasteiger partial charge in [-0.2, -0.15) is 5.10 Å². The van der Waals surface area contributed by atoms with E-state index in [1.807, 2.05) is 50.2 Å². The molecule has 0 spiro atoms. The number of aliphatic hydroxyl groups excluding tert-OH is 1. The van der Waals surface area contributed by atoms with Crippen LogP contribution in [0.1, 0.15) is 17.0 Å². The largest absolute Gasteiger partial charge is 0.459 e. The van der Waals surface area contributed by atoms with Crippen LogP contribution in [0.15, 0.2) is 40.8 Å². The second-order valence-electron chi connectivity index (χ2n) is 5.63. The van der Waals surface area contributed by atoms with Crippen molar-refractivity contribution in [3.8, 4) is 11.3 Å². The number of hydrogen-bond acceptors (Lipinski definition) is 4. The van der Waals surface area contributed by atoms with Gasteiger partial charge in [0.05, 0.1) is 25.4 Å². The molecule has 0 amide bonds. The summed E-state index contributed by atoms with van der Waals surface area (Å²) in [6.45, 7) is 5.03. The third-order valence-corrected chi connectivity index (χ3v) is 4.21. The van der Waals surface area contributed by atoms with Gasteiger partial charge in [0, 0.05) is 16.1 Å². The first kappa shape index (κ1) is 16.6. The van der Waals surface area contributed by atoms with Gasteiger partial charge in [-0.3, -0.25) is 0 Å². The number of nitrogens with zero attached hydrogens (tertiary/aromatic N) is 2. The zero-order valence-corrected chi connectivity index (χ0v) is 14.5. The SMILES string of the molecule is Cc1nn(CCO)c(NCc2ccc(-c3ccc(Cl)cc3)o2)c1C. The van der Waals surface area contributed by atoms with Gasteiger partial charge in [0.15, 0.2) is 0 Å². The number of aryl methyl sites for hydroxylation is 1. The van der Waals surface area contributed by atoms with E-state index < -0.39 is 0 Å². The van der Waals surface area contributed by atoms with Crippen molar-refractivity contribution in [2.45, 2.75) is 26.9 Å². The molecular formula is C18H20ClN3O2. The van der Waals surface area contributed by atoms with E-state index in [0.29, 0.717) is 18.1 Å². The second-order valence-corrected chi connectivity index (χ2v) is 6.07. The molecule has 0 unspecified atom stereocenters. The molecule has 0 atom stereocenters. The fourth-order valence-electron chi connectivity index (χ4n) is 2.56. The summed E-state index contributed by atoms with van der Waals surface area (Å²) in [5.74, 6) is 2.54. The maximum Gasteiger partial charge on any atom is 0.134 e. The van der Waals surface area contributed by atoms with E-state index in [4.69, 9.17) is 21.1 Å². The monoisotopic (exact) mass is 345 g/mol. The Kier molecular flexibility index (Phi) is 4.92. The molecule has 5 nitrogen and oxygen atoms in total. The molecule has 2 aromatic heterocycles. The highest BCUT2D eigenvalue weighted by atomic mass is 35.5. The molecule has 0 aliphatic heterocycles. The van der Waals surface area contributed by atoms with E-state index >= 15 is 0 Å². The first-order chi connectivity index (χ1) is 11.6. The molecule has 0 saturated heterocycles. The minimum Gasteiger partial charge on any atom is -0.459 e. The number of rotatable bonds is 6. The number of nitrogens with one attached hydrogen (secondary N) is 1. The van der Waals surface area contributed by atoms with E-state index in [1.165, 1.54) is 0 Å². The van der Waals surface area contributed by atoms with Crippen LogP contribution in [0.2, 0.25) is 5.02 Å². The van der Waals surface area contributed by atoms with Crippen LogP contribution in [0.3, 0.4) is 0 Å². The lowest BCUT2D eigenvalue weighted by atomic mass is 10.2. The minimum atomic E-state index is 0.0523. The van der Waals surface area contributed by atoms with Crippen molar-refractivity contribution in [2.75, 3.05) is 11.9 Å². The number of aliphatic hydroxyl groups is 1. The zero-order valence-electron chi connectivity index (χ0n) is 13.7. The van der Waals surface area contributed by atoms with Gasteiger partial charge in [-0.05, 0) is 50.2 Å². The second kappa shape index (κ2) is 7.11. The Labute approximate surface area is 145 Å². The highest BCUT2D eigenvalue weighted by Gasteiger charge is 2.12. The van der Waals surface area contributed by atoms with Crippen molar-refractivity contribution in [2.24, 2.45) is 0 Å². The van der Waals surface area contributed by atoms with Crippen LogP contribution in [0.25, 0.3) is 11.3 Å². The van der Waals surface area contributed by atoms with Gasteiger partial charge in [0.25, 0.3) is 0 Å². The molecule has 6 heteroatoms. The summed E-state index contributed by atoms with van der Waals surface area (Å²) in [6, 6.07) is 11.5. The molecule has 0 aliphatic rings. The Bertz CT molecular complexity index is 821. The highest BCUT2D eigenvalue weighted by Crippen LogP contribution is 2.25. The summed E-state index contributed by atoms with van der Waals surface area (Å²) >= 11 is 5.91. The van der Waals surface area contributed by atoms with E-state index in [2.05, 4.69) is 10.4 Å². The van der Waals surface area contributed by atoms with Crippen LogP contribution in [0.5, 0.6) is 0 Å². The Hall–Kier alpha value is -2.24. The number of benzene rings is 1. The van der Waals surface area contributed by atoms with Gasteiger partial charge in [0.2, 0.25) is 0 Å². The van der Waals surface area contributed by atoms with Gasteiger partial charge in [0.1, 0.15) is 17.3 Å². The first-order valence-electron chi connectivity index (χ1n) is 7.82. The summed E-state index contributed by atoms with van der Waals surface area (Å²) in [4.78, 5) is 0. The van der Waals surface area contributed by atoms with E-state index in [-0.39, 0.29) is 6.61 Å². The van der Waals surface area contributed by atoms with Crippen molar-refractivity contribution in [3.63, 3.8) is 0 Å². The van der Waals surface area contributed by atoms with Crippen LogP contribution < -0.4 is 5.32 Å². The van der Waals surface area contributed by atoms with Crippen LogP contribution in [-0.4, -0.2) is 21.5 Å². The molecule has 0 bridgehead atoms. The summed E-state index contributed by atoms with van der Waals surface area (Å²) in [6.07, 6.45) is 0. The Morgan fingerprint density at radius 2 is 1.92 bits per heavy atom. The Balaban J connectivity index is 1.73. The first-order valence-corrected chi connectivity index (χ1v) is 8.19. The average Bonchev–Trinajstić information content (AvgIpc) is 3.13. The summed E-state index contributed by atoms with van der Waals surface area (Å²) in [7, 11) is 0. The van der Waals surface area contributed by atoms with Crippen molar-refractivity contribution < 1.29 is 9.52 Å². The topological polar surface area (TPSA) is 63.2 Å². The van der Waals surface area contributed by atoms with Gasteiger partial charge in [-0.25, -0.2) is 4.68 Å². The van der Waals surface area contributed by atoms with Crippen LogP contribution in [0.4, 0.5) is 5.82 Å². The molecule has 126 valence electrons. The molecule has 0 aliphatic carbocycles. The fraction of sp³-hybridized carbons (Fsp3) is 0.278. The fourth-order valence-corrected chi connectivity index (χ4v) is 2.69. The third kappa shape index (κ3) is 3.47. The van der Waals surface area contributed by atoms with Crippen molar-refractivity contribution in [1.82, 2.24) is 9.78 Å². The van der Waals surface area contributed by atoms with E-state index in [9.17, 15) is 0 Å². The van der Waals surface area contributed by atoms with Crippen molar-refractivity contribution in [3.05, 3.63) is 58.4 Å². The lowest BCUT2D eigenvalue weighted by molar-refractivity contribution is 0.270. The number of anilines is 1. The standard InChI is InChI=1S/C18H20ClN3O2/c1-12-13(2)21-22(9-10-23)18(12)20-11-16-7-8-17(24-16)14-3-5-15(19)6-4-14/h3-8,20,23H,9-11H2,1-2H3. The molecule has 3 aromatic rings. The van der Waals surface area contributed by atoms with E-state index in [0.717, 1.165) is 34.2 Å². The maximum atomic E-state index is 9.16. The third-order valence-electron chi connectivity index (χ3n) is 3.96. The lowest BCUT2D eigenvalue weighted by Gasteiger charge is -2.09.